The van der Waals surface area contributed by atoms with Crippen molar-refractivity contribution in [3.63, 3.8) is 0 Å². The number of carbonyl (C=O) groups is 2. The van der Waals surface area contributed by atoms with E-state index in [1.165, 1.54) is 12.3 Å². The molecule has 0 radical (unpaired) electrons. The summed E-state index contributed by atoms with van der Waals surface area (Å²) in [5, 5.41) is 9.32. The lowest BCUT2D eigenvalue weighted by Crippen LogP contribution is -2.32. The van der Waals surface area contributed by atoms with Gasteiger partial charge in [-0.2, -0.15) is 0 Å². The average Bonchev–Trinajstić information content (AvgIpc) is 2.47. The Kier molecular flexibility index (Phi) is 5.11. The third-order valence-electron chi connectivity index (χ3n) is 3.49. The average molecular weight is 343 g/mol. The number of esters is 1. The van der Waals surface area contributed by atoms with Gasteiger partial charge in [0.25, 0.3) is 5.56 Å². The summed E-state index contributed by atoms with van der Waals surface area (Å²) in [6.45, 7) is 6.70. The largest absolute Gasteiger partial charge is 0.477 e. The number of ether oxygens (including phenoxy) is 1. The maximum absolute atomic E-state index is 12.4. The molecule has 0 amide bonds. The van der Waals surface area contributed by atoms with Gasteiger partial charge < -0.3 is 14.4 Å². The van der Waals surface area contributed by atoms with Gasteiger partial charge in [0, 0.05) is 6.20 Å². The number of aromatic nitrogens is 1. The molecule has 1 aromatic carbocycles. The van der Waals surface area contributed by atoms with Gasteiger partial charge >= 0.3 is 11.9 Å². The Bertz CT molecular complexity index is 874. The van der Waals surface area contributed by atoms with E-state index in [2.05, 4.69) is 0 Å². The van der Waals surface area contributed by atoms with Crippen molar-refractivity contribution >= 4 is 11.9 Å². The van der Waals surface area contributed by atoms with Gasteiger partial charge in [-0.05, 0) is 50.5 Å². The van der Waals surface area contributed by atoms with Crippen LogP contribution in [0.3, 0.4) is 0 Å². The number of hydrogen-bond donors (Lipinski definition) is 1. The van der Waals surface area contributed by atoms with Crippen molar-refractivity contribution in [1.82, 2.24) is 4.57 Å². The first-order valence-electron chi connectivity index (χ1n) is 7.84. The molecule has 6 heteroatoms. The Morgan fingerprint density at radius 1 is 1.20 bits per heavy atom. The van der Waals surface area contributed by atoms with Crippen LogP contribution in [0.25, 0.3) is 11.1 Å². The van der Waals surface area contributed by atoms with Gasteiger partial charge in [0.05, 0.1) is 0 Å². The van der Waals surface area contributed by atoms with E-state index in [4.69, 9.17) is 4.74 Å². The Morgan fingerprint density at radius 3 is 2.40 bits per heavy atom. The lowest BCUT2D eigenvalue weighted by atomic mass is 10.0. The molecule has 0 spiro atoms. The van der Waals surface area contributed by atoms with Crippen LogP contribution in [0.15, 0.2) is 41.3 Å². The first-order valence-corrected chi connectivity index (χ1v) is 7.84. The number of aromatic carboxylic acids is 1. The predicted octanol–water partition coefficient (Wildman–Crippen LogP) is 2.86. The Morgan fingerprint density at radius 2 is 1.84 bits per heavy atom. The van der Waals surface area contributed by atoms with Gasteiger partial charge in [0.15, 0.2) is 0 Å². The van der Waals surface area contributed by atoms with Crippen molar-refractivity contribution in [2.24, 2.45) is 0 Å². The van der Waals surface area contributed by atoms with Crippen LogP contribution in [0.5, 0.6) is 0 Å². The SMILES string of the molecule is Cc1ccccc1-c1cc(C(=O)O)c(=O)n(CC(=O)OC(C)(C)C)c1. The number of hydrogen-bond acceptors (Lipinski definition) is 4. The maximum Gasteiger partial charge on any atom is 0.341 e. The van der Waals surface area contributed by atoms with E-state index < -0.39 is 23.1 Å². The van der Waals surface area contributed by atoms with Crippen LogP contribution in [0, 0.1) is 6.92 Å². The zero-order valence-electron chi connectivity index (χ0n) is 14.7. The van der Waals surface area contributed by atoms with Gasteiger partial charge in [0.2, 0.25) is 0 Å². The summed E-state index contributed by atoms with van der Waals surface area (Å²) in [6.07, 6.45) is 1.49. The second-order valence-corrected chi connectivity index (χ2v) is 6.78. The summed E-state index contributed by atoms with van der Waals surface area (Å²) >= 11 is 0. The molecule has 6 nitrogen and oxygen atoms in total. The van der Waals surface area contributed by atoms with Crippen molar-refractivity contribution in [2.75, 3.05) is 0 Å². The van der Waals surface area contributed by atoms with E-state index in [0.717, 1.165) is 15.7 Å². The van der Waals surface area contributed by atoms with Crippen LogP contribution in [-0.4, -0.2) is 27.2 Å². The normalized spacial score (nSPS) is 11.2. The minimum Gasteiger partial charge on any atom is -0.477 e. The summed E-state index contributed by atoms with van der Waals surface area (Å²) in [4.78, 5) is 35.8. The summed E-state index contributed by atoms with van der Waals surface area (Å²) in [5.74, 6) is -1.94. The summed E-state index contributed by atoms with van der Waals surface area (Å²) < 4.78 is 6.30. The molecule has 25 heavy (non-hydrogen) atoms. The molecule has 132 valence electrons. The molecular weight excluding hydrogens is 322 g/mol. The monoisotopic (exact) mass is 343 g/mol. The van der Waals surface area contributed by atoms with Crippen molar-refractivity contribution in [3.8, 4) is 11.1 Å². The number of aryl methyl sites for hydroxylation is 1. The van der Waals surface area contributed by atoms with Gasteiger partial charge in [-0.3, -0.25) is 9.59 Å². The molecule has 0 saturated heterocycles. The standard InChI is InChI=1S/C19H21NO5/c1-12-7-5-6-8-14(12)13-9-15(18(23)24)17(22)20(10-13)11-16(21)25-19(2,3)4/h5-10H,11H2,1-4H3,(H,23,24). The van der Waals surface area contributed by atoms with Crippen molar-refractivity contribution in [2.45, 2.75) is 39.8 Å². The summed E-state index contributed by atoms with van der Waals surface area (Å²) in [5.41, 5.74) is 0.465. The zero-order chi connectivity index (χ0) is 18.8. The fourth-order valence-electron chi connectivity index (χ4n) is 2.46. The smallest absolute Gasteiger partial charge is 0.341 e. The lowest BCUT2D eigenvalue weighted by molar-refractivity contribution is -0.155. The van der Waals surface area contributed by atoms with E-state index in [9.17, 15) is 19.5 Å². The molecule has 1 heterocycles. The maximum atomic E-state index is 12.4. The topological polar surface area (TPSA) is 85.6 Å². The van der Waals surface area contributed by atoms with E-state index in [-0.39, 0.29) is 12.1 Å². The van der Waals surface area contributed by atoms with E-state index >= 15 is 0 Å². The zero-order valence-corrected chi connectivity index (χ0v) is 14.7. The Labute approximate surface area is 145 Å². The molecule has 1 aromatic heterocycles. The van der Waals surface area contributed by atoms with Crippen molar-refractivity contribution in [3.05, 3.63) is 58.0 Å². The minimum absolute atomic E-state index is 0.351. The van der Waals surface area contributed by atoms with Gasteiger partial charge in [-0.15, -0.1) is 0 Å². The van der Waals surface area contributed by atoms with Gasteiger partial charge in [0.1, 0.15) is 17.7 Å². The van der Waals surface area contributed by atoms with E-state index in [0.29, 0.717) is 5.56 Å². The molecule has 0 aliphatic carbocycles. The van der Waals surface area contributed by atoms with Crippen molar-refractivity contribution < 1.29 is 19.4 Å². The molecule has 0 fully saturated rings. The van der Waals surface area contributed by atoms with Crippen LogP contribution in [0.1, 0.15) is 36.7 Å². The quantitative estimate of drug-likeness (QED) is 0.863. The van der Waals surface area contributed by atoms with Crippen LogP contribution in [0.4, 0.5) is 0 Å². The predicted molar refractivity (Wildman–Crippen MR) is 93.7 cm³/mol. The third-order valence-corrected chi connectivity index (χ3v) is 3.49. The summed E-state index contributed by atoms with van der Waals surface area (Å²) in [6, 6.07) is 8.75. The Hall–Kier alpha value is -2.89. The van der Waals surface area contributed by atoms with Crippen LogP contribution >= 0.6 is 0 Å². The fraction of sp³-hybridized carbons (Fsp3) is 0.316. The molecule has 2 rings (SSSR count). The fourth-order valence-corrected chi connectivity index (χ4v) is 2.46. The molecule has 0 atom stereocenters. The third kappa shape index (κ3) is 4.56. The first kappa shape index (κ1) is 18.4. The molecular formula is C19H21NO5. The molecule has 0 aliphatic heterocycles. The molecule has 0 unspecified atom stereocenters. The number of carboxylic acids is 1. The van der Waals surface area contributed by atoms with Crippen molar-refractivity contribution in [1.29, 1.82) is 0 Å². The highest BCUT2D eigenvalue weighted by atomic mass is 16.6. The number of carboxylic acid groups (broad SMARTS) is 1. The summed E-state index contributed by atoms with van der Waals surface area (Å²) in [7, 11) is 0. The molecule has 2 aromatic rings. The number of carbonyl (C=O) groups excluding carboxylic acids is 1. The van der Waals surface area contributed by atoms with Crippen LogP contribution in [-0.2, 0) is 16.1 Å². The van der Waals surface area contributed by atoms with E-state index in [1.54, 1.807) is 20.8 Å². The van der Waals surface area contributed by atoms with Crippen LogP contribution < -0.4 is 5.56 Å². The molecule has 0 bridgehead atoms. The molecule has 1 N–H and O–H groups in total. The highest BCUT2D eigenvalue weighted by Gasteiger charge is 2.20. The second kappa shape index (κ2) is 6.93. The number of rotatable bonds is 4. The highest BCUT2D eigenvalue weighted by molar-refractivity contribution is 5.89. The minimum atomic E-state index is -1.33. The van der Waals surface area contributed by atoms with Crippen LogP contribution in [0.2, 0.25) is 0 Å². The number of nitrogens with zero attached hydrogens (tertiary/aromatic N) is 1. The van der Waals surface area contributed by atoms with Gasteiger partial charge in [-0.1, -0.05) is 24.3 Å². The van der Waals surface area contributed by atoms with E-state index in [1.807, 2.05) is 31.2 Å². The lowest BCUT2D eigenvalue weighted by Gasteiger charge is -2.20. The second-order valence-electron chi connectivity index (χ2n) is 6.78. The highest BCUT2D eigenvalue weighted by Crippen LogP contribution is 2.23. The van der Waals surface area contributed by atoms with Gasteiger partial charge in [-0.25, -0.2) is 4.79 Å². The Balaban J connectivity index is 2.53. The number of benzene rings is 1. The molecule has 0 aliphatic rings. The molecule has 0 saturated carbocycles. The number of pyridine rings is 1. The first-order chi connectivity index (χ1) is 11.6.